The van der Waals surface area contributed by atoms with Gasteiger partial charge in [-0.15, -0.1) is 34.0 Å². The number of carbonyl (C=O) groups is 2. The van der Waals surface area contributed by atoms with Gasteiger partial charge in [-0.2, -0.15) is 0 Å². The van der Waals surface area contributed by atoms with Crippen molar-refractivity contribution in [3.8, 4) is 0 Å². The fourth-order valence-corrected chi connectivity index (χ4v) is 4.41. The molecule has 3 rings (SSSR count). The number of thiazole rings is 1. The van der Waals surface area contributed by atoms with E-state index in [1.807, 2.05) is 17.5 Å². The van der Waals surface area contributed by atoms with Crippen LogP contribution in [0.3, 0.4) is 0 Å². The first-order valence-electron chi connectivity index (χ1n) is 5.95. The number of nitrogens with zero attached hydrogens (tertiary/aromatic N) is 1. The molecule has 1 amide bonds. The lowest BCUT2D eigenvalue weighted by atomic mass is 10.3. The van der Waals surface area contributed by atoms with Gasteiger partial charge in [0.15, 0.2) is 5.13 Å². The molecule has 0 aliphatic rings. The molecule has 3 aromatic rings. The zero-order chi connectivity index (χ0) is 14.8. The van der Waals surface area contributed by atoms with Gasteiger partial charge in [-0.05, 0) is 17.5 Å². The molecule has 0 aliphatic carbocycles. The number of methoxy groups -OCH3 is 1. The van der Waals surface area contributed by atoms with Crippen molar-refractivity contribution >= 4 is 60.4 Å². The molecule has 0 aliphatic heterocycles. The van der Waals surface area contributed by atoms with Crippen molar-refractivity contribution in [2.75, 3.05) is 12.4 Å². The summed E-state index contributed by atoms with van der Waals surface area (Å²) in [6, 6.07) is 3.88. The molecular formula is C13H10N2O3S3. The number of amides is 1. The van der Waals surface area contributed by atoms with Gasteiger partial charge in [0, 0.05) is 14.8 Å². The average Bonchev–Trinajstić information content (AvgIpc) is 3.13. The van der Waals surface area contributed by atoms with E-state index in [0.29, 0.717) is 15.7 Å². The lowest BCUT2D eigenvalue weighted by Crippen LogP contribution is -2.10. The Bertz CT molecular complexity index is 774. The van der Waals surface area contributed by atoms with Gasteiger partial charge in [0.05, 0.1) is 24.1 Å². The van der Waals surface area contributed by atoms with Crippen LogP contribution in [-0.2, 0) is 16.0 Å². The van der Waals surface area contributed by atoms with Crippen LogP contribution in [-0.4, -0.2) is 24.0 Å². The number of ether oxygens (including phenoxy) is 1. The van der Waals surface area contributed by atoms with E-state index in [0.717, 1.165) is 9.40 Å². The van der Waals surface area contributed by atoms with E-state index >= 15 is 0 Å². The predicted octanol–water partition coefficient (Wildman–Crippen LogP) is 3.39. The van der Waals surface area contributed by atoms with Crippen molar-refractivity contribution < 1.29 is 14.3 Å². The highest BCUT2D eigenvalue weighted by Crippen LogP contribution is 2.30. The zero-order valence-corrected chi connectivity index (χ0v) is 13.4. The monoisotopic (exact) mass is 338 g/mol. The van der Waals surface area contributed by atoms with Gasteiger partial charge in [-0.25, -0.2) is 4.98 Å². The van der Waals surface area contributed by atoms with Crippen LogP contribution < -0.4 is 5.32 Å². The highest BCUT2D eigenvalue weighted by Gasteiger charge is 2.14. The van der Waals surface area contributed by atoms with E-state index in [2.05, 4.69) is 15.0 Å². The van der Waals surface area contributed by atoms with E-state index in [1.165, 1.54) is 29.8 Å². The largest absolute Gasteiger partial charge is 0.469 e. The summed E-state index contributed by atoms with van der Waals surface area (Å²) in [5.41, 5.74) is 0.592. The first-order valence-corrected chi connectivity index (χ1v) is 8.53. The van der Waals surface area contributed by atoms with E-state index < -0.39 is 0 Å². The molecule has 3 aromatic heterocycles. The maximum Gasteiger partial charge on any atom is 0.311 e. The summed E-state index contributed by atoms with van der Waals surface area (Å²) in [6.07, 6.45) is 0.109. The van der Waals surface area contributed by atoms with Crippen LogP contribution in [0.1, 0.15) is 15.4 Å². The fraction of sp³-hybridized carbons (Fsp3) is 0.154. The van der Waals surface area contributed by atoms with Gasteiger partial charge in [0.1, 0.15) is 0 Å². The van der Waals surface area contributed by atoms with Crippen LogP contribution in [0.4, 0.5) is 5.13 Å². The molecule has 1 N–H and O–H groups in total. The van der Waals surface area contributed by atoms with E-state index in [1.54, 1.807) is 16.7 Å². The first kappa shape index (κ1) is 14.2. The molecule has 0 spiro atoms. The van der Waals surface area contributed by atoms with E-state index in [4.69, 9.17) is 0 Å². The van der Waals surface area contributed by atoms with Gasteiger partial charge in [0.2, 0.25) is 0 Å². The number of nitrogens with one attached hydrogen (secondary N) is 1. The quantitative estimate of drug-likeness (QED) is 0.741. The number of hydrogen-bond acceptors (Lipinski definition) is 7. The third-order valence-electron chi connectivity index (χ3n) is 2.69. The SMILES string of the molecule is COC(=O)Cc1csc(NC(=O)c2cc3sccc3s2)n1. The molecule has 8 heteroatoms. The molecule has 21 heavy (non-hydrogen) atoms. The van der Waals surface area contributed by atoms with Gasteiger partial charge in [0.25, 0.3) is 5.91 Å². The second-order valence-electron chi connectivity index (χ2n) is 4.11. The third kappa shape index (κ3) is 3.12. The molecular weight excluding hydrogens is 328 g/mol. The smallest absolute Gasteiger partial charge is 0.311 e. The summed E-state index contributed by atoms with van der Waals surface area (Å²) in [7, 11) is 1.33. The zero-order valence-electron chi connectivity index (χ0n) is 10.9. The highest BCUT2D eigenvalue weighted by atomic mass is 32.1. The normalized spacial score (nSPS) is 10.7. The van der Waals surface area contributed by atoms with Crippen molar-refractivity contribution in [2.45, 2.75) is 6.42 Å². The van der Waals surface area contributed by atoms with Crippen LogP contribution in [0.25, 0.3) is 9.40 Å². The van der Waals surface area contributed by atoms with E-state index in [-0.39, 0.29) is 18.3 Å². The summed E-state index contributed by atoms with van der Waals surface area (Å²) >= 11 is 4.36. The second-order valence-corrected chi connectivity index (χ2v) is 7.00. The summed E-state index contributed by atoms with van der Waals surface area (Å²) < 4.78 is 6.79. The summed E-state index contributed by atoms with van der Waals surface area (Å²) in [6.45, 7) is 0. The van der Waals surface area contributed by atoms with Crippen LogP contribution in [0.5, 0.6) is 0 Å². The first-order chi connectivity index (χ1) is 10.2. The molecule has 0 bridgehead atoms. The Morgan fingerprint density at radius 2 is 2.19 bits per heavy atom. The van der Waals surface area contributed by atoms with Crippen LogP contribution >= 0.6 is 34.0 Å². The van der Waals surface area contributed by atoms with Crippen molar-refractivity contribution in [1.82, 2.24) is 4.98 Å². The minimum Gasteiger partial charge on any atom is -0.469 e. The highest BCUT2D eigenvalue weighted by molar-refractivity contribution is 7.28. The van der Waals surface area contributed by atoms with Crippen LogP contribution in [0.2, 0.25) is 0 Å². The van der Waals surface area contributed by atoms with Crippen molar-refractivity contribution in [3.05, 3.63) is 33.5 Å². The topological polar surface area (TPSA) is 68.3 Å². The lowest BCUT2D eigenvalue weighted by Gasteiger charge is -1.98. The Morgan fingerprint density at radius 1 is 1.33 bits per heavy atom. The summed E-state index contributed by atoms with van der Waals surface area (Å²) in [5.74, 6) is -0.529. The number of anilines is 1. The maximum atomic E-state index is 12.1. The maximum absolute atomic E-state index is 12.1. The Hall–Kier alpha value is -1.77. The second kappa shape index (κ2) is 5.92. The van der Waals surface area contributed by atoms with Gasteiger partial charge in [-0.1, -0.05) is 0 Å². The molecule has 0 unspecified atom stereocenters. The minimum atomic E-state index is -0.350. The summed E-state index contributed by atoms with van der Waals surface area (Å²) in [5, 5.41) is 6.97. The number of thiophene rings is 2. The van der Waals surface area contributed by atoms with E-state index in [9.17, 15) is 9.59 Å². The van der Waals surface area contributed by atoms with Crippen LogP contribution in [0, 0.1) is 0 Å². The molecule has 3 heterocycles. The third-order valence-corrected chi connectivity index (χ3v) is 5.59. The van der Waals surface area contributed by atoms with Crippen molar-refractivity contribution in [2.24, 2.45) is 0 Å². The number of aromatic nitrogens is 1. The molecule has 0 fully saturated rings. The number of carbonyl (C=O) groups excluding carboxylic acids is 2. The molecule has 0 aromatic carbocycles. The molecule has 0 radical (unpaired) electrons. The Balaban J connectivity index is 1.69. The molecule has 0 saturated heterocycles. The Kier molecular flexibility index (Phi) is 4.00. The lowest BCUT2D eigenvalue weighted by molar-refractivity contribution is -0.139. The minimum absolute atomic E-state index is 0.109. The predicted molar refractivity (Wildman–Crippen MR) is 85.5 cm³/mol. The van der Waals surface area contributed by atoms with Gasteiger partial charge < -0.3 is 4.74 Å². The Labute approximate surface area is 132 Å². The van der Waals surface area contributed by atoms with Gasteiger partial charge >= 0.3 is 5.97 Å². The Morgan fingerprint density at radius 3 is 2.95 bits per heavy atom. The number of hydrogen-bond donors (Lipinski definition) is 1. The van der Waals surface area contributed by atoms with Crippen molar-refractivity contribution in [1.29, 1.82) is 0 Å². The fourth-order valence-electron chi connectivity index (χ4n) is 1.70. The number of esters is 1. The van der Waals surface area contributed by atoms with Gasteiger partial charge in [-0.3, -0.25) is 14.9 Å². The molecule has 0 atom stereocenters. The molecule has 0 saturated carbocycles. The molecule has 108 valence electrons. The standard InChI is InChI=1S/C13H10N2O3S3/c1-18-11(16)4-7-6-20-13(14-7)15-12(17)10-5-9-8(21-10)2-3-19-9/h2-3,5-6H,4H2,1H3,(H,14,15,17). The van der Waals surface area contributed by atoms with Crippen LogP contribution in [0.15, 0.2) is 22.9 Å². The summed E-state index contributed by atoms with van der Waals surface area (Å²) in [4.78, 5) is 28.2. The number of fused-ring (bicyclic) bond motifs is 1. The van der Waals surface area contributed by atoms with Crippen molar-refractivity contribution in [3.63, 3.8) is 0 Å². The molecule has 5 nitrogen and oxygen atoms in total. The average molecular weight is 338 g/mol. The number of rotatable bonds is 4.